The zero-order chi connectivity index (χ0) is 12.1. The van der Waals surface area contributed by atoms with E-state index in [-0.39, 0.29) is 5.91 Å². The van der Waals surface area contributed by atoms with Crippen LogP contribution >= 0.6 is 0 Å². The summed E-state index contributed by atoms with van der Waals surface area (Å²) in [6.07, 6.45) is 1.95. The van der Waals surface area contributed by atoms with Crippen molar-refractivity contribution in [3.8, 4) is 0 Å². The highest BCUT2D eigenvalue weighted by atomic mass is 16.2. The quantitative estimate of drug-likeness (QED) is 0.793. The Morgan fingerprint density at radius 2 is 1.94 bits per heavy atom. The summed E-state index contributed by atoms with van der Waals surface area (Å²) in [6, 6.07) is 0. The monoisotopic (exact) mass is 224 g/mol. The van der Waals surface area contributed by atoms with E-state index >= 15 is 0 Å². The van der Waals surface area contributed by atoms with Crippen LogP contribution in [0.5, 0.6) is 0 Å². The maximum Gasteiger partial charge on any atom is 0.238 e. The van der Waals surface area contributed by atoms with Crippen molar-refractivity contribution in [2.45, 2.75) is 40.5 Å². The van der Waals surface area contributed by atoms with Crippen molar-refractivity contribution in [1.29, 1.82) is 0 Å². The van der Waals surface area contributed by atoms with Gasteiger partial charge in [-0.3, -0.25) is 9.69 Å². The van der Waals surface area contributed by atoms with Crippen LogP contribution in [0.1, 0.15) is 40.5 Å². The Labute approximate surface area is 98.9 Å². The molecule has 0 aromatic carbocycles. The Kier molecular flexibility index (Phi) is 5.00. The average molecular weight is 224 g/mol. The highest BCUT2D eigenvalue weighted by molar-refractivity contribution is 5.80. The molecular weight excluding hydrogens is 200 g/mol. The lowest BCUT2D eigenvalue weighted by Gasteiger charge is -2.22. The summed E-state index contributed by atoms with van der Waals surface area (Å²) >= 11 is 0. The largest absolute Gasteiger partial charge is 0.329 e. The first-order valence-corrected chi connectivity index (χ1v) is 6.29. The number of nitrogens with one attached hydrogen (secondary N) is 1. The number of nitrogens with zero attached hydrogens (tertiary/aromatic N) is 1. The van der Waals surface area contributed by atoms with E-state index in [1.165, 1.54) is 5.57 Å². The molecule has 0 saturated heterocycles. The SMILES string of the molecule is CCC1=C(CC)NC(=O)CN(CC(C)C)C1. The molecule has 0 atom stereocenters. The molecule has 3 nitrogen and oxygen atoms in total. The summed E-state index contributed by atoms with van der Waals surface area (Å²) in [5.74, 6) is 0.745. The maximum absolute atomic E-state index is 11.7. The summed E-state index contributed by atoms with van der Waals surface area (Å²) in [5, 5.41) is 3.03. The maximum atomic E-state index is 11.7. The molecule has 1 N–H and O–H groups in total. The van der Waals surface area contributed by atoms with Gasteiger partial charge >= 0.3 is 0 Å². The Morgan fingerprint density at radius 3 is 2.44 bits per heavy atom. The zero-order valence-corrected chi connectivity index (χ0v) is 11.0. The smallest absolute Gasteiger partial charge is 0.238 e. The Bertz CT molecular complexity index is 282. The molecule has 92 valence electrons. The van der Waals surface area contributed by atoms with E-state index in [0.717, 1.165) is 31.6 Å². The molecule has 1 aliphatic rings. The topological polar surface area (TPSA) is 32.3 Å². The van der Waals surface area contributed by atoms with E-state index in [4.69, 9.17) is 0 Å². The molecular formula is C13H24N2O. The molecule has 0 aromatic rings. The van der Waals surface area contributed by atoms with E-state index in [2.05, 4.69) is 37.9 Å². The van der Waals surface area contributed by atoms with E-state index < -0.39 is 0 Å². The van der Waals surface area contributed by atoms with Crippen LogP contribution in [0.15, 0.2) is 11.3 Å². The Morgan fingerprint density at radius 1 is 1.25 bits per heavy atom. The van der Waals surface area contributed by atoms with Gasteiger partial charge < -0.3 is 5.32 Å². The lowest BCUT2D eigenvalue weighted by atomic mass is 10.1. The molecule has 0 unspecified atom stereocenters. The third kappa shape index (κ3) is 3.63. The molecule has 1 amide bonds. The van der Waals surface area contributed by atoms with Gasteiger partial charge in [0.15, 0.2) is 0 Å². The van der Waals surface area contributed by atoms with Crippen LogP contribution < -0.4 is 5.32 Å². The number of rotatable bonds is 4. The van der Waals surface area contributed by atoms with E-state index in [1.54, 1.807) is 0 Å². The summed E-state index contributed by atoms with van der Waals surface area (Å²) in [7, 11) is 0. The van der Waals surface area contributed by atoms with Gasteiger partial charge in [-0.1, -0.05) is 27.7 Å². The molecule has 1 aliphatic heterocycles. The number of amides is 1. The van der Waals surface area contributed by atoms with Crippen molar-refractivity contribution in [3.05, 3.63) is 11.3 Å². The molecule has 0 radical (unpaired) electrons. The highest BCUT2D eigenvalue weighted by Crippen LogP contribution is 2.15. The lowest BCUT2D eigenvalue weighted by molar-refractivity contribution is -0.121. The summed E-state index contributed by atoms with van der Waals surface area (Å²) in [5.41, 5.74) is 2.52. The number of hydrogen-bond donors (Lipinski definition) is 1. The van der Waals surface area contributed by atoms with Crippen LogP contribution in [-0.4, -0.2) is 30.4 Å². The van der Waals surface area contributed by atoms with Crippen LogP contribution in [0, 0.1) is 5.92 Å². The van der Waals surface area contributed by atoms with Crippen molar-refractivity contribution in [3.63, 3.8) is 0 Å². The molecule has 1 heterocycles. The van der Waals surface area contributed by atoms with Crippen LogP contribution in [0.4, 0.5) is 0 Å². The third-order valence-electron chi connectivity index (χ3n) is 2.90. The minimum absolute atomic E-state index is 0.140. The molecule has 3 heteroatoms. The Hall–Kier alpha value is -0.830. The van der Waals surface area contributed by atoms with Gasteiger partial charge in [0, 0.05) is 18.8 Å². The van der Waals surface area contributed by atoms with Crippen molar-refractivity contribution < 1.29 is 4.79 Å². The second kappa shape index (κ2) is 6.04. The number of carbonyl (C=O) groups excluding carboxylic acids is 1. The van der Waals surface area contributed by atoms with E-state index in [0.29, 0.717) is 12.5 Å². The molecule has 16 heavy (non-hydrogen) atoms. The fourth-order valence-electron chi connectivity index (χ4n) is 2.23. The molecule has 0 aromatic heterocycles. The van der Waals surface area contributed by atoms with Gasteiger partial charge in [-0.05, 0) is 24.3 Å². The van der Waals surface area contributed by atoms with Crippen LogP contribution in [0.2, 0.25) is 0 Å². The van der Waals surface area contributed by atoms with Gasteiger partial charge in [0.25, 0.3) is 0 Å². The molecule has 0 spiro atoms. The van der Waals surface area contributed by atoms with Gasteiger partial charge in [-0.15, -0.1) is 0 Å². The summed E-state index contributed by atoms with van der Waals surface area (Å²) < 4.78 is 0. The first kappa shape index (κ1) is 13.2. The molecule has 0 saturated carbocycles. The van der Waals surface area contributed by atoms with Crippen molar-refractivity contribution in [1.82, 2.24) is 10.2 Å². The van der Waals surface area contributed by atoms with Gasteiger partial charge in [0.05, 0.1) is 6.54 Å². The van der Waals surface area contributed by atoms with Gasteiger partial charge in [-0.25, -0.2) is 0 Å². The molecule has 0 fully saturated rings. The predicted octanol–water partition coefficient (Wildman–Crippen LogP) is 2.15. The van der Waals surface area contributed by atoms with Crippen LogP contribution in [-0.2, 0) is 4.79 Å². The highest BCUT2D eigenvalue weighted by Gasteiger charge is 2.19. The first-order chi connectivity index (χ1) is 7.56. The fourth-order valence-corrected chi connectivity index (χ4v) is 2.23. The second-order valence-electron chi connectivity index (χ2n) is 4.90. The van der Waals surface area contributed by atoms with Gasteiger partial charge in [0.2, 0.25) is 5.91 Å². The summed E-state index contributed by atoms with van der Waals surface area (Å²) in [4.78, 5) is 14.0. The minimum atomic E-state index is 0.140. The van der Waals surface area contributed by atoms with Crippen LogP contribution in [0.3, 0.4) is 0 Å². The number of hydrogen-bond acceptors (Lipinski definition) is 2. The lowest BCUT2D eigenvalue weighted by Crippen LogP contribution is -2.36. The number of carbonyl (C=O) groups is 1. The number of allylic oxidation sites excluding steroid dienone is 1. The van der Waals surface area contributed by atoms with Crippen molar-refractivity contribution in [2.75, 3.05) is 19.6 Å². The van der Waals surface area contributed by atoms with Crippen molar-refractivity contribution >= 4 is 5.91 Å². The average Bonchev–Trinajstić information content (AvgIpc) is 2.35. The standard InChI is InChI=1S/C13H24N2O/c1-5-11-8-15(7-10(3)4)9-13(16)14-12(11)6-2/h10H,5-9H2,1-4H3,(H,14,16). The minimum Gasteiger partial charge on any atom is -0.329 e. The van der Waals surface area contributed by atoms with Gasteiger partial charge in [0.1, 0.15) is 0 Å². The zero-order valence-electron chi connectivity index (χ0n) is 11.0. The third-order valence-corrected chi connectivity index (χ3v) is 2.90. The second-order valence-corrected chi connectivity index (χ2v) is 4.90. The predicted molar refractivity (Wildman–Crippen MR) is 67.0 cm³/mol. The fraction of sp³-hybridized carbons (Fsp3) is 0.769. The summed E-state index contributed by atoms with van der Waals surface area (Å²) in [6.45, 7) is 11.1. The molecule has 0 bridgehead atoms. The molecule has 0 aliphatic carbocycles. The van der Waals surface area contributed by atoms with E-state index in [1.807, 2.05) is 0 Å². The van der Waals surface area contributed by atoms with Crippen LogP contribution in [0.25, 0.3) is 0 Å². The molecule has 1 rings (SSSR count). The first-order valence-electron chi connectivity index (χ1n) is 6.29. The Balaban J connectivity index is 2.80. The normalized spacial score (nSPS) is 18.9. The van der Waals surface area contributed by atoms with E-state index in [9.17, 15) is 4.79 Å². The van der Waals surface area contributed by atoms with Crippen molar-refractivity contribution in [2.24, 2.45) is 5.92 Å². The van der Waals surface area contributed by atoms with Gasteiger partial charge in [-0.2, -0.15) is 0 Å².